The van der Waals surface area contributed by atoms with Gasteiger partial charge >= 0.3 is 0 Å². The Labute approximate surface area is 120 Å². The summed E-state index contributed by atoms with van der Waals surface area (Å²) in [5, 5.41) is 0.686. The van der Waals surface area contributed by atoms with Gasteiger partial charge in [0, 0.05) is 11.5 Å². The van der Waals surface area contributed by atoms with Crippen LogP contribution in [0, 0.1) is 0 Å². The van der Waals surface area contributed by atoms with Gasteiger partial charge in [0.25, 0.3) is 0 Å². The number of nitrogens with two attached hydrogens (primary N) is 1. The molecule has 0 bridgehead atoms. The molecule has 0 atom stereocenters. The molecule has 0 unspecified atom stereocenters. The van der Waals surface area contributed by atoms with Crippen LogP contribution in [0.25, 0.3) is 0 Å². The molecular formula is C13H15BrClN3. The van der Waals surface area contributed by atoms with Gasteiger partial charge in [0.2, 0.25) is 0 Å². The van der Waals surface area contributed by atoms with E-state index < -0.39 is 0 Å². The van der Waals surface area contributed by atoms with E-state index in [1.54, 1.807) is 0 Å². The summed E-state index contributed by atoms with van der Waals surface area (Å²) < 4.78 is 2.94. The molecule has 1 heterocycles. The lowest BCUT2D eigenvalue weighted by molar-refractivity contribution is 0.793. The first kappa shape index (κ1) is 13.6. The quantitative estimate of drug-likeness (QED) is 0.937. The SMILES string of the molecule is Cn1c(CN)nc(CCc2cccc(Br)c2)c1Cl. The fraction of sp³-hybridized carbons (Fsp3) is 0.308. The molecule has 0 radical (unpaired) electrons. The Morgan fingerprint density at radius 3 is 2.78 bits per heavy atom. The third kappa shape index (κ3) is 2.94. The van der Waals surface area contributed by atoms with Crippen LogP contribution in [-0.2, 0) is 26.4 Å². The second-order valence-corrected chi connectivity index (χ2v) is 5.43. The van der Waals surface area contributed by atoms with Crippen molar-refractivity contribution < 1.29 is 0 Å². The van der Waals surface area contributed by atoms with Gasteiger partial charge in [-0.15, -0.1) is 0 Å². The molecule has 0 saturated carbocycles. The average molecular weight is 329 g/mol. The largest absolute Gasteiger partial charge is 0.324 e. The van der Waals surface area contributed by atoms with Crippen molar-refractivity contribution in [2.75, 3.05) is 0 Å². The van der Waals surface area contributed by atoms with E-state index in [2.05, 4.69) is 33.0 Å². The lowest BCUT2D eigenvalue weighted by Gasteiger charge is -2.01. The average Bonchev–Trinajstić information content (AvgIpc) is 2.64. The fourth-order valence-electron chi connectivity index (χ4n) is 1.88. The van der Waals surface area contributed by atoms with Crippen LogP contribution in [0.2, 0.25) is 5.15 Å². The van der Waals surface area contributed by atoms with Crippen molar-refractivity contribution in [3.8, 4) is 0 Å². The first-order valence-electron chi connectivity index (χ1n) is 5.76. The maximum atomic E-state index is 6.23. The van der Waals surface area contributed by atoms with Crippen molar-refractivity contribution in [3.63, 3.8) is 0 Å². The molecule has 1 aromatic carbocycles. The smallest absolute Gasteiger partial charge is 0.131 e. The molecule has 2 aromatic rings. The van der Waals surface area contributed by atoms with E-state index in [1.165, 1.54) is 5.56 Å². The number of imidazole rings is 1. The number of hydrogen-bond donors (Lipinski definition) is 1. The van der Waals surface area contributed by atoms with Crippen LogP contribution < -0.4 is 5.73 Å². The van der Waals surface area contributed by atoms with Crippen LogP contribution in [0.5, 0.6) is 0 Å². The van der Waals surface area contributed by atoms with Gasteiger partial charge in [0.15, 0.2) is 0 Å². The zero-order valence-electron chi connectivity index (χ0n) is 10.2. The molecule has 0 aliphatic rings. The lowest BCUT2D eigenvalue weighted by atomic mass is 10.1. The van der Waals surface area contributed by atoms with Crippen molar-refractivity contribution in [1.82, 2.24) is 9.55 Å². The van der Waals surface area contributed by atoms with Crippen molar-refractivity contribution in [1.29, 1.82) is 0 Å². The van der Waals surface area contributed by atoms with Gasteiger partial charge in [0.05, 0.1) is 12.2 Å². The van der Waals surface area contributed by atoms with E-state index in [0.717, 1.165) is 28.8 Å². The molecular weight excluding hydrogens is 314 g/mol. The van der Waals surface area contributed by atoms with E-state index >= 15 is 0 Å². The zero-order chi connectivity index (χ0) is 13.1. The van der Waals surface area contributed by atoms with Gasteiger partial charge < -0.3 is 10.3 Å². The molecule has 5 heteroatoms. The second kappa shape index (κ2) is 5.87. The standard InChI is InChI=1S/C13H15BrClN3/c1-18-12(8-16)17-11(13(18)15)6-5-9-3-2-4-10(14)7-9/h2-4,7H,5-6,8,16H2,1H3. The minimum absolute atomic E-state index is 0.410. The fourth-order valence-corrected chi connectivity index (χ4v) is 2.56. The number of aryl methyl sites for hydroxylation is 2. The maximum absolute atomic E-state index is 6.23. The predicted octanol–water partition coefficient (Wildman–Crippen LogP) is 3.08. The summed E-state index contributed by atoms with van der Waals surface area (Å²) in [6, 6.07) is 8.26. The second-order valence-electron chi connectivity index (χ2n) is 4.16. The Bertz CT molecular complexity index is 551. The third-order valence-corrected chi connectivity index (χ3v) is 3.87. The Morgan fingerprint density at radius 2 is 2.17 bits per heavy atom. The Balaban J connectivity index is 2.11. The predicted molar refractivity (Wildman–Crippen MR) is 77.7 cm³/mol. The van der Waals surface area contributed by atoms with Crippen LogP contribution in [0.3, 0.4) is 0 Å². The zero-order valence-corrected chi connectivity index (χ0v) is 12.5. The van der Waals surface area contributed by atoms with Gasteiger partial charge in [0.1, 0.15) is 11.0 Å². The number of aromatic nitrogens is 2. The molecule has 0 spiro atoms. The van der Waals surface area contributed by atoms with Gasteiger partial charge in [-0.2, -0.15) is 0 Å². The van der Waals surface area contributed by atoms with Crippen molar-refractivity contribution in [3.05, 3.63) is 51.0 Å². The van der Waals surface area contributed by atoms with Gasteiger partial charge in [-0.25, -0.2) is 4.98 Å². The van der Waals surface area contributed by atoms with Crippen LogP contribution >= 0.6 is 27.5 Å². The molecule has 0 amide bonds. The molecule has 0 aliphatic heterocycles. The molecule has 0 saturated heterocycles. The molecule has 18 heavy (non-hydrogen) atoms. The van der Waals surface area contributed by atoms with Crippen molar-refractivity contribution in [2.45, 2.75) is 19.4 Å². The highest BCUT2D eigenvalue weighted by Gasteiger charge is 2.11. The van der Waals surface area contributed by atoms with E-state index in [0.29, 0.717) is 11.7 Å². The summed E-state index contributed by atoms with van der Waals surface area (Å²) in [7, 11) is 1.89. The number of nitrogens with zero attached hydrogens (tertiary/aromatic N) is 2. The van der Waals surface area contributed by atoms with E-state index in [4.69, 9.17) is 17.3 Å². The summed E-state index contributed by atoms with van der Waals surface area (Å²) in [6.45, 7) is 0.410. The number of benzene rings is 1. The summed E-state index contributed by atoms with van der Waals surface area (Å²) >= 11 is 9.69. The molecule has 1 aromatic heterocycles. The molecule has 0 aliphatic carbocycles. The first-order chi connectivity index (χ1) is 8.61. The molecule has 2 rings (SSSR count). The first-order valence-corrected chi connectivity index (χ1v) is 6.93. The van der Waals surface area contributed by atoms with Crippen LogP contribution in [0.1, 0.15) is 17.1 Å². The number of hydrogen-bond acceptors (Lipinski definition) is 2. The molecule has 0 fully saturated rings. The molecule has 96 valence electrons. The Morgan fingerprint density at radius 1 is 1.39 bits per heavy atom. The Kier molecular flexibility index (Phi) is 4.43. The topological polar surface area (TPSA) is 43.8 Å². The molecule has 3 nitrogen and oxygen atoms in total. The Hall–Kier alpha value is -0.840. The van der Waals surface area contributed by atoms with E-state index in [9.17, 15) is 0 Å². The summed E-state index contributed by atoms with van der Waals surface area (Å²) in [5.74, 6) is 0.823. The van der Waals surface area contributed by atoms with E-state index in [-0.39, 0.29) is 0 Å². The summed E-state index contributed by atoms with van der Waals surface area (Å²) in [4.78, 5) is 4.46. The number of rotatable bonds is 4. The minimum atomic E-state index is 0.410. The van der Waals surface area contributed by atoms with Gasteiger partial charge in [-0.1, -0.05) is 39.7 Å². The normalized spacial score (nSPS) is 10.9. The van der Waals surface area contributed by atoms with Crippen LogP contribution in [0.4, 0.5) is 0 Å². The highest BCUT2D eigenvalue weighted by molar-refractivity contribution is 9.10. The van der Waals surface area contributed by atoms with E-state index in [1.807, 2.05) is 23.7 Å². The van der Waals surface area contributed by atoms with Crippen LogP contribution in [-0.4, -0.2) is 9.55 Å². The third-order valence-electron chi connectivity index (χ3n) is 2.91. The van der Waals surface area contributed by atoms with Crippen molar-refractivity contribution in [2.24, 2.45) is 12.8 Å². The summed E-state index contributed by atoms with van der Waals surface area (Å²) in [6.07, 6.45) is 1.74. The molecule has 2 N–H and O–H groups in total. The monoisotopic (exact) mass is 327 g/mol. The van der Waals surface area contributed by atoms with Gasteiger partial charge in [-0.05, 0) is 30.5 Å². The van der Waals surface area contributed by atoms with Crippen LogP contribution in [0.15, 0.2) is 28.7 Å². The number of halogens is 2. The highest BCUT2D eigenvalue weighted by atomic mass is 79.9. The lowest BCUT2D eigenvalue weighted by Crippen LogP contribution is -2.04. The van der Waals surface area contributed by atoms with Gasteiger partial charge in [-0.3, -0.25) is 0 Å². The maximum Gasteiger partial charge on any atom is 0.131 e. The summed E-state index contributed by atoms with van der Waals surface area (Å²) in [5.41, 5.74) is 7.79. The minimum Gasteiger partial charge on any atom is -0.324 e. The highest BCUT2D eigenvalue weighted by Crippen LogP contribution is 2.19. The van der Waals surface area contributed by atoms with Crippen molar-refractivity contribution >= 4 is 27.5 Å².